The zero-order valence-corrected chi connectivity index (χ0v) is 12.4. The lowest BCUT2D eigenvalue weighted by Crippen LogP contribution is -2.42. The van der Waals surface area contributed by atoms with E-state index in [0.717, 1.165) is 0 Å². The smallest absolute Gasteiger partial charge is 0.277 e. The van der Waals surface area contributed by atoms with Crippen LogP contribution < -0.4 is 20.5 Å². The molecular formula is C13H19ClF2N2O3. The summed E-state index contributed by atoms with van der Waals surface area (Å²) in [5.74, 6) is -2.59. The molecule has 0 unspecified atom stereocenters. The Morgan fingerprint density at radius 2 is 1.76 bits per heavy atom. The van der Waals surface area contributed by atoms with Crippen molar-refractivity contribution in [2.45, 2.75) is 12.8 Å². The average molecular weight is 325 g/mol. The molecular weight excluding hydrogens is 306 g/mol. The van der Waals surface area contributed by atoms with Crippen molar-refractivity contribution in [3.63, 3.8) is 0 Å². The monoisotopic (exact) mass is 324 g/mol. The van der Waals surface area contributed by atoms with E-state index in [9.17, 15) is 13.6 Å². The van der Waals surface area contributed by atoms with Crippen LogP contribution in [0.2, 0.25) is 0 Å². The molecule has 0 aliphatic carbocycles. The molecule has 0 fully saturated rings. The summed E-state index contributed by atoms with van der Waals surface area (Å²) >= 11 is 0. The number of hydrogen-bond donors (Lipinski definition) is 2. The highest BCUT2D eigenvalue weighted by Gasteiger charge is 2.27. The van der Waals surface area contributed by atoms with E-state index in [1.165, 1.54) is 0 Å². The summed E-state index contributed by atoms with van der Waals surface area (Å²) in [6.45, 7) is 0.473. The largest absolute Gasteiger partial charge is 0.494 e. The Bertz CT molecular complexity index is 430. The second kappa shape index (κ2) is 9.36. The molecule has 0 atom stereocenters. The number of carbonyl (C=O) groups is 1. The van der Waals surface area contributed by atoms with E-state index in [-0.39, 0.29) is 19.0 Å². The maximum Gasteiger partial charge on any atom is 0.277 e. The number of alkyl halides is 2. The first kappa shape index (κ1) is 19.4. The molecule has 21 heavy (non-hydrogen) atoms. The number of rotatable bonds is 8. The van der Waals surface area contributed by atoms with E-state index in [1.807, 2.05) is 6.92 Å². The van der Waals surface area contributed by atoms with Crippen molar-refractivity contribution in [3.05, 3.63) is 24.3 Å². The maximum atomic E-state index is 12.8. The number of nitrogens with two attached hydrogens (primary N) is 1. The number of hydrogen-bond acceptors (Lipinski definition) is 4. The molecule has 3 N–H and O–H groups in total. The molecule has 0 heterocycles. The van der Waals surface area contributed by atoms with Crippen LogP contribution in [0.15, 0.2) is 24.3 Å². The van der Waals surface area contributed by atoms with Gasteiger partial charge < -0.3 is 20.5 Å². The van der Waals surface area contributed by atoms with Crippen LogP contribution in [0, 0.1) is 0 Å². The molecule has 0 aromatic heterocycles. The summed E-state index contributed by atoms with van der Waals surface area (Å²) in [5.41, 5.74) is 4.85. The van der Waals surface area contributed by atoms with Crippen LogP contribution in [-0.2, 0) is 4.79 Å². The third-order valence-electron chi connectivity index (χ3n) is 2.35. The molecule has 8 heteroatoms. The fraction of sp³-hybridized carbons (Fsp3) is 0.462. The first-order valence-corrected chi connectivity index (χ1v) is 6.17. The fourth-order valence-electron chi connectivity index (χ4n) is 1.30. The van der Waals surface area contributed by atoms with Crippen LogP contribution >= 0.6 is 12.4 Å². The third kappa shape index (κ3) is 7.67. The molecule has 1 aromatic rings. The number of amides is 1. The highest BCUT2D eigenvalue weighted by atomic mass is 35.5. The number of ether oxygens (including phenoxy) is 2. The number of halogens is 3. The van der Waals surface area contributed by atoms with Crippen LogP contribution in [0.3, 0.4) is 0 Å². The first-order valence-electron chi connectivity index (χ1n) is 6.17. The number of nitrogens with one attached hydrogen (secondary N) is 1. The molecule has 120 valence electrons. The second-order valence-corrected chi connectivity index (χ2v) is 4.03. The molecule has 5 nitrogen and oxygen atoms in total. The van der Waals surface area contributed by atoms with Crippen LogP contribution in [-0.4, -0.2) is 38.1 Å². The normalized spacial score (nSPS) is 10.5. The first-order chi connectivity index (χ1) is 9.46. The minimum atomic E-state index is -3.10. The minimum Gasteiger partial charge on any atom is -0.494 e. The molecule has 0 saturated heterocycles. The van der Waals surface area contributed by atoms with Gasteiger partial charge in [0.2, 0.25) is 0 Å². The van der Waals surface area contributed by atoms with Crippen molar-refractivity contribution >= 4 is 18.3 Å². The van der Waals surface area contributed by atoms with Gasteiger partial charge in [-0.25, -0.2) is 8.78 Å². The van der Waals surface area contributed by atoms with Crippen molar-refractivity contribution in [2.75, 3.05) is 26.3 Å². The van der Waals surface area contributed by atoms with E-state index >= 15 is 0 Å². The predicted octanol–water partition coefficient (Wildman–Crippen LogP) is 1.60. The summed E-state index contributed by atoms with van der Waals surface area (Å²) in [7, 11) is 0. The fourth-order valence-corrected chi connectivity index (χ4v) is 1.30. The zero-order valence-electron chi connectivity index (χ0n) is 11.6. The predicted molar refractivity (Wildman–Crippen MR) is 77.4 cm³/mol. The van der Waals surface area contributed by atoms with Crippen LogP contribution in [0.5, 0.6) is 11.5 Å². The topological polar surface area (TPSA) is 73.6 Å². The lowest BCUT2D eigenvalue weighted by Gasteiger charge is -2.14. The molecule has 0 spiro atoms. The summed E-state index contributed by atoms with van der Waals surface area (Å²) < 4.78 is 36.0. The SMILES string of the molecule is CCOc1ccc(OCC(=O)NCC(F)(F)CN)cc1.Cl. The van der Waals surface area contributed by atoms with Gasteiger partial charge in [-0.1, -0.05) is 0 Å². The molecule has 0 saturated carbocycles. The maximum absolute atomic E-state index is 12.8. The molecule has 1 aromatic carbocycles. The number of carbonyl (C=O) groups excluding carboxylic acids is 1. The Balaban J connectivity index is 0.00000400. The Morgan fingerprint density at radius 3 is 2.24 bits per heavy atom. The van der Waals surface area contributed by atoms with E-state index < -0.39 is 24.9 Å². The standard InChI is InChI=1S/C13H18F2N2O3.ClH/c1-2-19-10-3-5-11(6-4-10)20-7-12(18)17-9-13(14,15)8-16;/h3-6H,2,7-9,16H2,1H3,(H,17,18);1H. The molecule has 1 amide bonds. The van der Waals surface area contributed by atoms with Gasteiger partial charge in [-0.2, -0.15) is 0 Å². The minimum absolute atomic E-state index is 0. The Labute approximate surface area is 128 Å². The van der Waals surface area contributed by atoms with Crippen LogP contribution in [0.25, 0.3) is 0 Å². The van der Waals surface area contributed by atoms with Crippen molar-refractivity contribution in [1.82, 2.24) is 5.32 Å². The second-order valence-electron chi connectivity index (χ2n) is 4.03. The zero-order chi connectivity index (χ0) is 15.0. The molecule has 0 aliphatic rings. The quantitative estimate of drug-likeness (QED) is 0.761. The third-order valence-corrected chi connectivity index (χ3v) is 2.35. The Morgan fingerprint density at radius 1 is 1.24 bits per heavy atom. The van der Waals surface area contributed by atoms with Crippen LogP contribution in [0.1, 0.15) is 6.92 Å². The highest BCUT2D eigenvalue weighted by molar-refractivity contribution is 5.85. The molecule has 1 rings (SSSR count). The lowest BCUT2D eigenvalue weighted by molar-refractivity contribution is -0.124. The Hall–Kier alpha value is -1.60. The van der Waals surface area contributed by atoms with E-state index in [1.54, 1.807) is 24.3 Å². The summed E-state index contributed by atoms with van der Waals surface area (Å²) in [6.07, 6.45) is 0. The van der Waals surface area contributed by atoms with Crippen molar-refractivity contribution in [3.8, 4) is 11.5 Å². The van der Waals surface area contributed by atoms with E-state index in [2.05, 4.69) is 5.32 Å². The molecule has 0 radical (unpaired) electrons. The van der Waals surface area contributed by atoms with Gasteiger partial charge >= 0.3 is 0 Å². The van der Waals surface area contributed by atoms with Gasteiger partial charge in [0.1, 0.15) is 11.5 Å². The van der Waals surface area contributed by atoms with Gasteiger partial charge in [0.25, 0.3) is 11.8 Å². The summed E-state index contributed by atoms with van der Waals surface area (Å²) in [5, 5.41) is 2.06. The summed E-state index contributed by atoms with van der Waals surface area (Å²) in [6, 6.07) is 6.65. The van der Waals surface area contributed by atoms with Crippen LogP contribution in [0.4, 0.5) is 8.78 Å². The van der Waals surface area contributed by atoms with Gasteiger partial charge in [0.05, 0.1) is 19.7 Å². The number of benzene rings is 1. The van der Waals surface area contributed by atoms with Gasteiger partial charge in [-0.3, -0.25) is 4.79 Å². The Kier molecular flexibility index (Phi) is 8.64. The van der Waals surface area contributed by atoms with Gasteiger partial charge in [0.15, 0.2) is 6.61 Å². The molecule has 0 bridgehead atoms. The highest BCUT2D eigenvalue weighted by Crippen LogP contribution is 2.17. The van der Waals surface area contributed by atoms with E-state index in [4.69, 9.17) is 15.2 Å². The van der Waals surface area contributed by atoms with Crippen molar-refractivity contribution in [2.24, 2.45) is 5.73 Å². The van der Waals surface area contributed by atoms with E-state index in [0.29, 0.717) is 18.1 Å². The summed E-state index contributed by atoms with van der Waals surface area (Å²) in [4.78, 5) is 11.3. The van der Waals surface area contributed by atoms with Gasteiger partial charge in [-0.05, 0) is 31.2 Å². The van der Waals surface area contributed by atoms with Crippen molar-refractivity contribution in [1.29, 1.82) is 0 Å². The van der Waals surface area contributed by atoms with Gasteiger partial charge in [-0.15, -0.1) is 12.4 Å². The lowest BCUT2D eigenvalue weighted by atomic mass is 10.3. The molecule has 0 aliphatic heterocycles. The van der Waals surface area contributed by atoms with Crippen molar-refractivity contribution < 1.29 is 23.0 Å². The average Bonchev–Trinajstić information content (AvgIpc) is 2.45. The van der Waals surface area contributed by atoms with Gasteiger partial charge in [0, 0.05) is 0 Å².